The van der Waals surface area contributed by atoms with Crippen LogP contribution in [0.5, 0.6) is 0 Å². The Morgan fingerprint density at radius 3 is 2.75 bits per heavy atom. The smallest absolute Gasteiger partial charge is 0.372 e. The van der Waals surface area contributed by atoms with E-state index in [1.54, 1.807) is 0 Å². The molecule has 110 valence electrons. The molecule has 0 unspecified atom stereocenters. The van der Waals surface area contributed by atoms with Gasteiger partial charge in [-0.25, -0.2) is 4.98 Å². The molecule has 0 aliphatic heterocycles. The first-order valence-corrected chi connectivity index (χ1v) is 6.19. The average Bonchev–Trinajstić information content (AvgIpc) is 2.70. The Morgan fingerprint density at radius 1 is 1.35 bits per heavy atom. The van der Waals surface area contributed by atoms with Crippen molar-refractivity contribution in [3.8, 4) is 0 Å². The standard InChI is InChI=1S/C13H16F3N3O/c1-19-11-6-9(7-17)2-3-10(11)18-12(19)4-5-20-8-13(14,15)16/h2-3,6H,4-5,7-8,17H2,1H3. The average molecular weight is 287 g/mol. The van der Waals surface area contributed by atoms with Crippen molar-refractivity contribution in [1.29, 1.82) is 0 Å². The van der Waals surface area contributed by atoms with Gasteiger partial charge >= 0.3 is 6.18 Å². The summed E-state index contributed by atoms with van der Waals surface area (Å²) in [5.41, 5.74) is 8.28. The van der Waals surface area contributed by atoms with E-state index in [2.05, 4.69) is 9.72 Å². The Kier molecular flexibility index (Phi) is 4.29. The molecule has 1 heterocycles. The van der Waals surface area contributed by atoms with Crippen LogP contribution in [0.15, 0.2) is 18.2 Å². The van der Waals surface area contributed by atoms with Crippen molar-refractivity contribution in [3.05, 3.63) is 29.6 Å². The van der Waals surface area contributed by atoms with Gasteiger partial charge in [0.2, 0.25) is 0 Å². The van der Waals surface area contributed by atoms with Gasteiger partial charge in [-0.05, 0) is 17.7 Å². The number of hydrogen-bond donors (Lipinski definition) is 1. The maximum absolute atomic E-state index is 12.0. The lowest BCUT2D eigenvalue weighted by atomic mass is 10.2. The highest BCUT2D eigenvalue weighted by atomic mass is 19.4. The summed E-state index contributed by atoms with van der Waals surface area (Å²) in [5, 5.41) is 0. The van der Waals surface area contributed by atoms with Gasteiger partial charge in [-0.3, -0.25) is 0 Å². The second-order valence-electron chi connectivity index (χ2n) is 4.53. The molecule has 0 saturated carbocycles. The Morgan fingerprint density at radius 2 is 2.10 bits per heavy atom. The summed E-state index contributed by atoms with van der Waals surface area (Å²) in [5.74, 6) is 0.691. The Bertz CT molecular complexity index is 592. The molecule has 0 fully saturated rings. The van der Waals surface area contributed by atoms with E-state index in [1.165, 1.54) is 0 Å². The molecule has 2 rings (SSSR count). The van der Waals surface area contributed by atoms with Crippen molar-refractivity contribution in [2.75, 3.05) is 13.2 Å². The van der Waals surface area contributed by atoms with E-state index >= 15 is 0 Å². The second-order valence-corrected chi connectivity index (χ2v) is 4.53. The maximum Gasteiger partial charge on any atom is 0.411 e. The molecule has 2 N–H and O–H groups in total. The normalized spacial score (nSPS) is 12.2. The number of halogens is 3. The summed E-state index contributed by atoms with van der Waals surface area (Å²) >= 11 is 0. The predicted octanol–water partition coefficient (Wildman–Crippen LogP) is 2.15. The molecule has 0 amide bonds. The molecule has 20 heavy (non-hydrogen) atoms. The zero-order valence-corrected chi connectivity index (χ0v) is 11.1. The van der Waals surface area contributed by atoms with Gasteiger partial charge in [0.1, 0.15) is 12.4 Å². The van der Waals surface area contributed by atoms with Gasteiger partial charge in [-0.2, -0.15) is 13.2 Å². The van der Waals surface area contributed by atoms with E-state index in [9.17, 15) is 13.2 Å². The Labute approximate surface area is 114 Å². The zero-order valence-electron chi connectivity index (χ0n) is 11.1. The lowest BCUT2D eigenvalue weighted by Gasteiger charge is -2.07. The summed E-state index contributed by atoms with van der Waals surface area (Å²) < 4.78 is 42.3. The lowest BCUT2D eigenvalue weighted by Crippen LogP contribution is -2.18. The van der Waals surface area contributed by atoms with Crippen molar-refractivity contribution in [1.82, 2.24) is 9.55 Å². The summed E-state index contributed by atoms with van der Waals surface area (Å²) in [4.78, 5) is 4.38. The number of fused-ring (bicyclic) bond motifs is 1. The van der Waals surface area contributed by atoms with E-state index in [0.717, 1.165) is 16.6 Å². The van der Waals surface area contributed by atoms with Crippen molar-refractivity contribution in [2.45, 2.75) is 19.1 Å². The minimum absolute atomic E-state index is 0.0135. The van der Waals surface area contributed by atoms with E-state index in [4.69, 9.17) is 5.73 Å². The third kappa shape index (κ3) is 3.49. The van der Waals surface area contributed by atoms with E-state index < -0.39 is 12.8 Å². The maximum atomic E-state index is 12.0. The SMILES string of the molecule is Cn1c(CCOCC(F)(F)F)nc2ccc(CN)cc21. The molecule has 0 spiro atoms. The first-order chi connectivity index (χ1) is 9.40. The molecule has 1 aromatic carbocycles. The number of alkyl halides is 3. The van der Waals surface area contributed by atoms with Crippen molar-refractivity contribution >= 4 is 11.0 Å². The highest BCUT2D eigenvalue weighted by molar-refractivity contribution is 5.76. The predicted molar refractivity (Wildman–Crippen MR) is 69.2 cm³/mol. The molecule has 7 heteroatoms. The summed E-state index contributed by atoms with van der Waals surface area (Å²) in [6.07, 6.45) is -3.96. The van der Waals surface area contributed by atoms with Crippen LogP contribution >= 0.6 is 0 Å². The van der Waals surface area contributed by atoms with Gasteiger partial charge < -0.3 is 15.0 Å². The highest BCUT2D eigenvalue weighted by Gasteiger charge is 2.27. The van der Waals surface area contributed by atoms with Gasteiger partial charge in [0.15, 0.2) is 0 Å². The Balaban J connectivity index is 2.05. The first-order valence-electron chi connectivity index (χ1n) is 6.19. The number of nitrogens with zero attached hydrogens (tertiary/aromatic N) is 2. The number of rotatable bonds is 5. The third-order valence-electron chi connectivity index (χ3n) is 3.01. The van der Waals surface area contributed by atoms with Crippen LogP contribution in [0.4, 0.5) is 13.2 Å². The van der Waals surface area contributed by atoms with Crippen LogP contribution in [0.25, 0.3) is 11.0 Å². The van der Waals surface area contributed by atoms with E-state index in [-0.39, 0.29) is 6.61 Å². The fraction of sp³-hybridized carbons (Fsp3) is 0.462. The summed E-state index contributed by atoms with van der Waals surface area (Å²) in [7, 11) is 1.83. The minimum Gasteiger partial charge on any atom is -0.372 e. The molecule has 0 radical (unpaired) electrons. The van der Waals surface area contributed by atoms with Crippen LogP contribution in [0.1, 0.15) is 11.4 Å². The van der Waals surface area contributed by atoms with E-state index in [0.29, 0.717) is 18.8 Å². The van der Waals surface area contributed by atoms with Crippen molar-refractivity contribution in [3.63, 3.8) is 0 Å². The van der Waals surface area contributed by atoms with Crippen LogP contribution in [0, 0.1) is 0 Å². The zero-order chi connectivity index (χ0) is 14.8. The van der Waals surface area contributed by atoms with Crippen LogP contribution in [0.2, 0.25) is 0 Å². The van der Waals surface area contributed by atoms with Crippen molar-refractivity contribution < 1.29 is 17.9 Å². The minimum atomic E-state index is -4.29. The number of ether oxygens (including phenoxy) is 1. The topological polar surface area (TPSA) is 53.1 Å². The first kappa shape index (κ1) is 14.8. The molecule has 4 nitrogen and oxygen atoms in total. The fourth-order valence-electron chi connectivity index (χ4n) is 1.99. The highest BCUT2D eigenvalue weighted by Crippen LogP contribution is 2.18. The van der Waals surface area contributed by atoms with Crippen LogP contribution in [0.3, 0.4) is 0 Å². The summed E-state index contributed by atoms with van der Waals surface area (Å²) in [6, 6.07) is 5.68. The molecular weight excluding hydrogens is 271 g/mol. The quantitative estimate of drug-likeness (QED) is 0.857. The number of aromatic nitrogens is 2. The molecule has 2 aromatic rings. The van der Waals surface area contributed by atoms with Crippen LogP contribution in [-0.2, 0) is 24.8 Å². The van der Waals surface area contributed by atoms with E-state index in [1.807, 2.05) is 29.8 Å². The van der Waals surface area contributed by atoms with Crippen LogP contribution in [-0.4, -0.2) is 28.9 Å². The van der Waals surface area contributed by atoms with Crippen LogP contribution < -0.4 is 5.73 Å². The van der Waals surface area contributed by atoms with Gasteiger partial charge in [0, 0.05) is 20.0 Å². The number of aryl methyl sites for hydroxylation is 1. The molecule has 0 atom stereocenters. The van der Waals surface area contributed by atoms with Gasteiger partial charge in [0.05, 0.1) is 17.6 Å². The Hall–Kier alpha value is -1.60. The number of hydrogen-bond acceptors (Lipinski definition) is 3. The monoisotopic (exact) mass is 287 g/mol. The number of nitrogens with two attached hydrogens (primary N) is 1. The molecule has 0 saturated heterocycles. The largest absolute Gasteiger partial charge is 0.411 e. The van der Waals surface area contributed by atoms with Gasteiger partial charge in [-0.15, -0.1) is 0 Å². The van der Waals surface area contributed by atoms with Crippen molar-refractivity contribution in [2.24, 2.45) is 12.8 Å². The molecule has 0 aliphatic carbocycles. The second kappa shape index (κ2) is 5.80. The number of imidazole rings is 1. The van der Waals surface area contributed by atoms with Gasteiger partial charge in [0.25, 0.3) is 0 Å². The fourth-order valence-corrected chi connectivity index (χ4v) is 1.99. The number of benzene rings is 1. The molecule has 1 aromatic heterocycles. The molecular formula is C13H16F3N3O. The molecule has 0 aliphatic rings. The molecule has 0 bridgehead atoms. The lowest BCUT2D eigenvalue weighted by molar-refractivity contribution is -0.173. The summed E-state index contributed by atoms with van der Waals surface area (Å²) in [6.45, 7) is -0.806. The van der Waals surface area contributed by atoms with Gasteiger partial charge in [-0.1, -0.05) is 6.07 Å². The third-order valence-corrected chi connectivity index (χ3v) is 3.01.